The van der Waals surface area contributed by atoms with Crippen molar-refractivity contribution in [1.82, 2.24) is 12.3 Å². The van der Waals surface area contributed by atoms with Crippen LogP contribution in [0.5, 0.6) is 5.75 Å². The first-order valence-electron chi connectivity index (χ1n) is 3.56. The molecule has 0 saturated carbocycles. The standard InChI is InChI=1S/C7H6N2O5.2H3N.Pt/c1-4-2-5(8(11)12)3-6(7(4)10)9(13)14;;;/h2-3,10H,1H3;2*1H3;/q;;;+2. The van der Waals surface area contributed by atoms with Gasteiger partial charge in [0.25, 0.3) is 5.69 Å². The Balaban J connectivity index is -0.000000653. The van der Waals surface area contributed by atoms with Crippen LogP contribution >= 0.6 is 0 Å². The molecular weight excluding hydrogens is 415 g/mol. The number of hydrogen-bond acceptors (Lipinski definition) is 7. The van der Waals surface area contributed by atoms with Gasteiger partial charge in [-0.05, 0) is 6.92 Å². The maximum atomic E-state index is 10.4. The van der Waals surface area contributed by atoms with Gasteiger partial charge in [-0.25, -0.2) is 0 Å². The average Bonchev–Trinajstić information content (AvgIpc) is 2.08. The van der Waals surface area contributed by atoms with Crippen LogP contribution in [0.15, 0.2) is 12.1 Å². The van der Waals surface area contributed by atoms with Gasteiger partial charge in [-0.15, -0.1) is 0 Å². The average molecular weight is 427 g/mol. The van der Waals surface area contributed by atoms with Crippen molar-refractivity contribution in [3.63, 3.8) is 0 Å². The summed E-state index contributed by atoms with van der Waals surface area (Å²) in [4.78, 5) is 19.1. The van der Waals surface area contributed by atoms with E-state index in [1.165, 1.54) is 6.92 Å². The topological polar surface area (TPSA) is 177 Å². The van der Waals surface area contributed by atoms with Crippen LogP contribution in [0.4, 0.5) is 11.4 Å². The first-order valence-corrected chi connectivity index (χ1v) is 3.56. The zero-order valence-corrected chi connectivity index (χ0v) is 11.1. The fraction of sp³-hybridized carbons (Fsp3) is 0.143. The number of rotatable bonds is 2. The Morgan fingerprint density at radius 2 is 1.59 bits per heavy atom. The van der Waals surface area contributed by atoms with E-state index in [1.54, 1.807) is 0 Å². The summed E-state index contributed by atoms with van der Waals surface area (Å²) in [7, 11) is 0. The maximum Gasteiger partial charge on any atom is 2.00 e. The predicted octanol–water partition coefficient (Wildman–Crippen LogP) is 1.84. The van der Waals surface area contributed by atoms with Gasteiger partial charge in [-0.2, -0.15) is 0 Å². The molecule has 0 fully saturated rings. The van der Waals surface area contributed by atoms with Gasteiger partial charge in [0.1, 0.15) is 0 Å². The van der Waals surface area contributed by atoms with Crippen molar-refractivity contribution in [1.29, 1.82) is 0 Å². The summed E-state index contributed by atoms with van der Waals surface area (Å²) in [5.74, 6) is -0.541. The Kier molecular flexibility index (Phi) is 9.37. The summed E-state index contributed by atoms with van der Waals surface area (Å²) < 4.78 is 0. The third-order valence-electron chi connectivity index (χ3n) is 1.67. The summed E-state index contributed by atoms with van der Waals surface area (Å²) in [6, 6.07) is 1.80. The Morgan fingerprint density at radius 1 is 1.12 bits per heavy atom. The van der Waals surface area contributed by atoms with Crippen molar-refractivity contribution in [2.75, 3.05) is 0 Å². The van der Waals surface area contributed by atoms with E-state index in [0.29, 0.717) is 0 Å². The van der Waals surface area contributed by atoms with Crippen molar-refractivity contribution in [3.05, 3.63) is 37.9 Å². The van der Waals surface area contributed by atoms with E-state index < -0.39 is 27.0 Å². The Morgan fingerprint density at radius 3 is 1.94 bits per heavy atom. The van der Waals surface area contributed by atoms with Gasteiger partial charge in [-0.1, -0.05) is 0 Å². The minimum Gasteiger partial charge on any atom is -0.502 e. The van der Waals surface area contributed by atoms with Crippen LogP contribution in [0, 0.1) is 27.2 Å². The van der Waals surface area contributed by atoms with E-state index in [0.717, 1.165) is 12.1 Å². The minimum atomic E-state index is -0.866. The zero-order valence-electron chi connectivity index (χ0n) is 8.86. The number of benzene rings is 1. The smallest absolute Gasteiger partial charge is 0.502 e. The first kappa shape index (κ1) is 20.8. The van der Waals surface area contributed by atoms with Gasteiger partial charge in [0, 0.05) is 11.6 Å². The minimum absolute atomic E-state index is 0. The van der Waals surface area contributed by atoms with Crippen LogP contribution in [-0.4, -0.2) is 15.0 Å². The number of hydrogen-bond donors (Lipinski definition) is 3. The molecule has 0 heterocycles. The monoisotopic (exact) mass is 427 g/mol. The zero-order chi connectivity index (χ0) is 10.9. The molecule has 0 atom stereocenters. The number of non-ortho nitro benzene ring substituents is 1. The molecule has 1 aromatic rings. The summed E-state index contributed by atoms with van der Waals surface area (Å²) >= 11 is 0. The van der Waals surface area contributed by atoms with E-state index in [-0.39, 0.29) is 38.9 Å². The molecule has 1 aromatic carbocycles. The van der Waals surface area contributed by atoms with Crippen LogP contribution < -0.4 is 12.3 Å². The number of nitro benzene ring substituents is 2. The number of nitro groups is 2. The van der Waals surface area contributed by atoms with Crippen LogP contribution in [0.25, 0.3) is 0 Å². The molecule has 0 aliphatic carbocycles. The molecule has 0 unspecified atom stereocenters. The van der Waals surface area contributed by atoms with E-state index in [9.17, 15) is 25.3 Å². The van der Waals surface area contributed by atoms with Crippen molar-refractivity contribution >= 4 is 11.4 Å². The molecule has 0 aliphatic heterocycles. The second-order valence-corrected chi connectivity index (χ2v) is 2.64. The third kappa shape index (κ3) is 4.43. The first-order chi connectivity index (χ1) is 6.43. The van der Waals surface area contributed by atoms with Crippen LogP contribution in [-0.2, 0) is 21.1 Å². The summed E-state index contributed by atoms with van der Waals surface area (Å²) in [6.07, 6.45) is 0. The molecule has 0 aliphatic rings. The number of phenolic OH excluding ortho intramolecular Hbond substituents is 1. The second kappa shape index (κ2) is 7.66. The molecule has 98 valence electrons. The van der Waals surface area contributed by atoms with Crippen molar-refractivity contribution in [2.45, 2.75) is 6.92 Å². The quantitative estimate of drug-likeness (QED) is 0.476. The van der Waals surface area contributed by atoms with Gasteiger partial charge in [0.15, 0.2) is 5.75 Å². The van der Waals surface area contributed by atoms with Crippen molar-refractivity contribution in [3.8, 4) is 5.75 Å². The molecule has 0 amide bonds. The molecule has 17 heavy (non-hydrogen) atoms. The summed E-state index contributed by atoms with van der Waals surface area (Å²) in [5.41, 5.74) is -0.963. The molecular formula is C7H12N4O5Pt+2. The molecule has 9 nitrogen and oxygen atoms in total. The molecule has 7 N–H and O–H groups in total. The van der Waals surface area contributed by atoms with Crippen molar-refractivity contribution < 1.29 is 36.0 Å². The Labute approximate surface area is 111 Å². The van der Waals surface area contributed by atoms with E-state index in [4.69, 9.17) is 0 Å². The fourth-order valence-corrected chi connectivity index (χ4v) is 0.987. The third-order valence-corrected chi connectivity index (χ3v) is 1.67. The predicted molar refractivity (Wildman–Crippen MR) is 56.2 cm³/mol. The second-order valence-electron chi connectivity index (χ2n) is 2.64. The van der Waals surface area contributed by atoms with Gasteiger partial charge < -0.3 is 17.4 Å². The van der Waals surface area contributed by atoms with Gasteiger partial charge in [0.05, 0.1) is 15.9 Å². The maximum absolute atomic E-state index is 10.4. The largest absolute Gasteiger partial charge is 2.00 e. The number of aryl methyl sites for hydroxylation is 1. The number of nitrogens with zero attached hydrogens (tertiary/aromatic N) is 2. The summed E-state index contributed by atoms with van der Waals surface area (Å²) in [6.45, 7) is 1.36. The number of phenols is 1. The summed E-state index contributed by atoms with van der Waals surface area (Å²) in [5, 5.41) is 29.9. The van der Waals surface area contributed by atoms with E-state index >= 15 is 0 Å². The van der Waals surface area contributed by atoms with Crippen LogP contribution in [0.2, 0.25) is 0 Å². The van der Waals surface area contributed by atoms with Crippen molar-refractivity contribution in [2.24, 2.45) is 0 Å². The molecule has 0 saturated heterocycles. The van der Waals surface area contributed by atoms with Gasteiger partial charge in [-0.3, -0.25) is 20.2 Å². The Bertz CT molecular complexity index is 425. The number of aromatic hydroxyl groups is 1. The molecule has 0 aromatic heterocycles. The van der Waals surface area contributed by atoms with E-state index in [1.807, 2.05) is 0 Å². The van der Waals surface area contributed by atoms with Gasteiger partial charge in [0.2, 0.25) is 0 Å². The Hall–Kier alpha value is -1.57. The molecule has 0 bridgehead atoms. The molecule has 10 heteroatoms. The SMILES string of the molecule is Cc1cc([N+](=O)[O-])cc([N+](=O)[O-])c1O.N.N.[Pt+2]. The van der Waals surface area contributed by atoms with E-state index in [2.05, 4.69) is 0 Å². The van der Waals surface area contributed by atoms with Crippen LogP contribution in [0.3, 0.4) is 0 Å². The van der Waals surface area contributed by atoms with Gasteiger partial charge >= 0.3 is 26.8 Å². The fourth-order valence-electron chi connectivity index (χ4n) is 0.987. The van der Waals surface area contributed by atoms with Crippen LogP contribution in [0.1, 0.15) is 5.56 Å². The molecule has 0 radical (unpaired) electrons. The molecule has 1 rings (SSSR count). The normalized spacial score (nSPS) is 8.06. The molecule has 0 spiro atoms.